The summed E-state index contributed by atoms with van der Waals surface area (Å²) < 4.78 is 12.8. The third-order valence-corrected chi connectivity index (χ3v) is 5.92. The molecule has 2 N–H and O–H groups in total. The van der Waals surface area contributed by atoms with E-state index in [-0.39, 0.29) is 24.1 Å². The number of tetrazole rings is 1. The normalized spacial score (nSPS) is 12.6. The maximum Gasteiger partial charge on any atom is 0.252 e. The summed E-state index contributed by atoms with van der Waals surface area (Å²) in [5.41, 5.74) is 1.24. The molecule has 1 atom stereocenters. The van der Waals surface area contributed by atoms with Crippen molar-refractivity contribution in [2.45, 2.75) is 46.3 Å². The Morgan fingerprint density at radius 2 is 2.11 bits per heavy atom. The molecule has 1 unspecified atom stereocenters. The van der Waals surface area contributed by atoms with Crippen molar-refractivity contribution in [1.82, 2.24) is 30.1 Å². The predicted molar refractivity (Wildman–Crippen MR) is 131 cm³/mol. The van der Waals surface area contributed by atoms with E-state index in [0.717, 1.165) is 22.4 Å². The first-order valence-electron chi connectivity index (χ1n) is 11.9. The lowest BCUT2D eigenvalue weighted by Crippen LogP contribution is -2.36. The molecular formula is C25H32N6O4. The van der Waals surface area contributed by atoms with Gasteiger partial charge in [-0.25, -0.2) is 4.68 Å². The second-order valence-corrected chi connectivity index (χ2v) is 8.82. The molecule has 3 heterocycles. The van der Waals surface area contributed by atoms with Crippen molar-refractivity contribution in [3.05, 3.63) is 70.2 Å². The third kappa shape index (κ3) is 5.77. The van der Waals surface area contributed by atoms with Crippen molar-refractivity contribution in [3.8, 4) is 5.75 Å². The molecule has 0 bridgehead atoms. The Labute approximate surface area is 203 Å². The first-order valence-corrected chi connectivity index (χ1v) is 11.9. The number of nitrogens with one attached hydrogen (secondary N) is 1. The second-order valence-electron chi connectivity index (χ2n) is 8.82. The molecule has 10 nitrogen and oxygen atoms in total. The highest BCUT2D eigenvalue weighted by atomic mass is 16.5. The Morgan fingerprint density at radius 3 is 2.83 bits per heavy atom. The zero-order valence-corrected chi connectivity index (χ0v) is 20.3. The van der Waals surface area contributed by atoms with Gasteiger partial charge >= 0.3 is 0 Å². The number of rotatable bonds is 12. The van der Waals surface area contributed by atoms with Crippen molar-refractivity contribution in [2.24, 2.45) is 5.92 Å². The standard InChI is InChI=1S/C25H32N6O4/c1-4-34-20-8-9-22-18(14-20)13-19(25(33)26-22)15-30(10-6-11-32)23(17(2)3)24-27-28-29-31(24)16-21-7-5-12-35-21/h5,7-9,12-14,17,23,32H,4,6,10-11,15-16H2,1-3H3,(H,26,33). The number of hydrogen-bond acceptors (Lipinski definition) is 8. The van der Waals surface area contributed by atoms with Crippen molar-refractivity contribution in [1.29, 1.82) is 0 Å². The largest absolute Gasteiger partial charge is 0.494 e. The molecule has 1 aromatic carbocycles. The summed E-state index contributed by atoms with van der Waals surface area (Å²) in [6, 6.07) is 11.1. The van der Waals surface area contributed by atoms with Gasteiger partial charge in [-0.1, -0.05) is 13.8 Å². The summed E-state index contributed by atoms with van der Waals surface area (Å²) in [5.74, 6) is 2.33. The first kappa shape index (κ1) is 24.6. The number of furan rings is 1. The zero-order chi connectivity index (χ0) is 24.8. The number of H-pyrrole nitrogens is 1. The van der Waals surface area contributed by atoms with Crippen LogP contribution < -0.4 is 10.3 Å². The lowest BCUT2D eigenvalue weighted by Gasteiger charge is -2.33. The molecule has 10 heteroatoms. The molecular weight excluding hydrogens is 448 g/mol. The van der Waals surface area contributed by atoms with E-state index in [0.29, 0.717) is 44.0 Å². The van der Waals surface area contributed by atoms with E-state index >= 15 is 0 Å². The SMILES string of the molecule is CCOc1ccc2[nH]c(=O)c(CN(CCCO)C(c3nnnn3Cc3ccco3)C(C)C)cc2c1. The van der Waals surface area contributed by atoms with Crippen LogP contribution in [0.4, 0.5) is 0 Å². The molecule has 0 saturated carbocycles. The van der Waals surface area contributed by atoms with Gasteiger partial charge in [0.2, 0.25) is 0 Å². The van der Waals surface area contributed by atoms with Gasteiger partial charge in [0.15, 0.2) is 5.82 Å². The molecule has 0 saturated heterocycles. The minimum Gasteiger partial charge on any atom is -0.494 e. The Bertz CT molecular complexity index is 1280. The fraction of sp³-hybridized carbons (Fsp3) is 0.440. The topological polar surface area (TPSA) is 122 Å². The number of aliphatic hydroxyl groups is 1. The number of aliphatic hydroxyl groups excluding tert-OH is 1. The molecule has 35 heavy (non-hydrogen) atoms. The number of benzene rings is 1. The predicted octanol–water partition coefficient (Wildman–Crippen LogP) is 3.14. The monoisotopic (exact) mass is 480 g/mol. The summed E-state index contributed by atoms with van der Waals surface area (Å²) >= 11 is 0. The quantitative estimate of drug-likeness (QED) is 0.317. The van der Waals surface area contributed by atoms with Crippen LogP contribution in [0.2, 0.25) is 0 Å². The van der Waals surface area contributed by atoms with Crippen LogP contribution in [0.25, 0.3) is 10.9 Å². The lowest BCUT2D eigenvalue weighted by molar-refractivity contribution is 0.122. The number of aromatic amines is 1. The fourth-order valence-electron chi connectivity index (χ4n) is 4.38. The average molecular weight is 481 g/mol. The summed E-state index contributed by atoms with van der Waals surface area (Å²) in [5, 5.41) is 22.9. The van der Waals surface area contributed by atoms with E-state index in [1.165, 1.54) is 0 Å². The van der Waals surface area contributed by atoms with E-state index in [9.17, 15) is 9.90 Å². The summed E-state index contributed by atoms with van der Waals surface area (Å²) in [6.45, 7) is 8.10. The van der Waals surface area contributed by atoms with Gasteiger partial charge < -0.3 is 19.2 Å². The maximum absolute atomic E-state index is 13.0. The Hall–Kier alpha value is -3.50. The van der Waals surface area contributed by atoms with Crippen LogP contribution in [0.1, 0.15) is 50.4 Å². The molecule has 0 amide bonds. The number of hydrogen-bond donors (Lipinski definition) is 2. The van der Waals surface area contributed by atoms with Gasteiger partial charge in [0.05, 0.1) is 18.9 Å². The van der Waals surface area contributed by atoms with Crippen LogP contribution in [0.15, 0.2) is 51.9 Å². The minimum atomic E-state index is -0.184. The van der Waals surface area contributed by atoms with Gasteiger partial charge in [0, 0.05) is 36.2 Å². The van der Waals surface area contributed by atoms with Gasteiger partial charge in [-0.05, 0) is 66.1 Å². The number of aromatic nitrogens is 5. The van der Waals surface area contributed by atoms with E-state index in [1.54, 1.807) is 10.9 Å². The van der Waals surface area contributed by atoms with Crippen molar-refractivity contribution >= 4 is 10.9 Å². The molecule has 0 aliphatic heterocycles. The van der Waals surface area contributed by atoms with Crippen molar-refractivity contribution in [2.75, 3.05) is 19.8 Å². The second kappa shape index (κ2) is 11.3. The van der Waals surface area contributed by atoms with Crippen molar-refractivity contribution < 1.29 is 14.3 Å². The highest BCUT2D eigenvalue weighted by molar-refractivity contribution is 5.80. The molecule has 3 aromatic heterocycles. The van der Waals surface area contributed by atoms with Crippen LogP contribution in [-0.4, -0.2) is 55.0 Å². The Balaban J connectivity index is 1.69. The highest BCUT2D eigenvalue weighted by Crippen LogP contribution is 2.29. The number of pyridine rings is 1. The summed E-state index contributed by atoms with van der Waals surface area (Å²) in [6.07, 6.45) is 2.18. The van der Waals surface area contributed by atoms with E-state index in [2.05, 4.69) is 39.3 Å². The van der Waals surface area contributed by atoms with Crippen LogP contribution in [0.5, 0.6) is 5.75 Å². The van der Waals surface area contributed by atoms with Crippen LogP contribution >= 0.6 is 0 Å². The molecule has 4 rings (SSSR count). The van der Waals surface area contributed by atoms with E-state index < -0.39 is 0 Å². The number of nitrogens with zero attached hydrogens (tertiary/aromatic N) is 5. The summed E-state index contributed by atoms with van der Waals surface area (Å²) in [7, 11) is 0. The highest BCUT2D eigenvalue weighted by Gasteiger charge is 2.30. The number of fused-ring (bicyclic) bond motifs is 1. The first-order chi connectivity index (χ1) is 17.0. The third-order valence-electron chi connectivity index (χ3n) is 5.92. The summed E-state index contributed by atoms with van der Waals surface area (Å²) in [4.78, 5) is 18.1. The van der Waals surface area contributed by atoms with Crippen LogP contribution in [0.3, 0.4) is 0 Å². The smallest absolute Gasteiger partial charge is 0.252 e. The molecule has 4 aromatic rings. The minimum absolute atomic E-state index is 0.0461. The van der Waals surface area contributed by atoms with Gasteiger partial charge in [-0.3, -0.25) is 9.69 Å². The van der Waals surface area contributed by atoms with Crippen LogP contribution in [0, 0.1) is 5.92 Å². The zero-order valence-electron chi connectivity index (χ0n) is 20.3. The lowest BCUT2D eigenvalue weighted by atomic mass is 10.00. The molecule has 0 aliphatic rings. The fourth-order valence-corrected chi connectivity index (χ4v) is 4.38. The van der Waals surface area contributed by atoms with Gasteiger partial charge in [0.1, 0.15) is 18.1 Å². The van der Waals surface area contributed by atoms with Crippen LogP contribution in [-0.2, 0) is 13.1 Å². The number of ether oxygens (including phenoxy) is 1. The van der Waals surface area contributed by atoms with Gasteiger partial charge in [-0.2, -0.15) is 0 Å². The Kier molecular flexibility index (Phi) is 7.94. The maximum atomic E-state index is 13.0. The molecule has 0 aliphatic carbocycles. The molecule has 0 spiro atoms. The Morgan fingerprint density at radius 1 is 1.26 bits per heavy atom. The molecule has 0 fully saturated rings. The van der Waals surface area contributed by atoms with E-state index in [4.69, 9.17) is 9.15 Å². The molecule has 0 radical (unpaired) electrons. The molecule has 186 valence electrons. The van der Waals surface area contributed by atoms with E-state index in [1.807, 2.05) is 43.3 Å². The van der Waals surface area contributed by atoms with Gasteiger partial charge in [0.25, 0.3) is 5.56 Å². The van der Waals surface area contributed by atoms with Crippen molar-refractivity contribution in [3.63, 3.8) is 0 Å². The van der Waals surface area contributed by atoms with Gasteiger partial charge in [-0.15, -0.1) is 5.10 Å². The average Bonchev–Trinajstić information content (AvgIpc) is 3.51.